The molecule has 0 saturated carbocycles. The third-order valence-electron chi connectivity index (χ3n) is 4.80. The Hall–Kier alpha value is -2.09. The van der Waals surface area contributed by atoms with Gasteiger partial charge in [-0.15, -0.1) is 0 Å². The van der Waals surface area contributed by atoms with Crippen molar-refractivity contribution < 1.29 is 22.8 Å². The highest BCUT2D eigenvalue weighted by Crippen LogP contribution is 2.47. The summed E-state index contributed by atoms with van der Waals surface area (Å²) in [6.45, 7) is 4.22. The molecule has 1 aromatic rings. The van der Waals surface area contributed by atoms with E-state index in [1.54, 1.807) is 19.9 Å². The summed E-state index contributed by atoms with van der Waals surface area (Å²) in [6.07, 6.45) is -1.76. The van der Waals surface area contributed by atoms with Crippen molar-refractivity contribution in [1.82, 2.24) is 9.88 Å². The first-order valence-corrected chi connectivity index (χ1v) is 8.28. The van der Waals surface area contributed by atoms with Crippen LogP contribution in [0.4, 0.5) is 13.2 Å². The second-order valence-corrected chi connectivity index (χ2v) is 7.97. The molecule has 5 nitrogen and oxygen atoms in total. The Kier molecular flexibility index (Phi) is 4.10. The summed E-state index contributed by atoms with van der Waals surface area (Å²) in [5.74, 6) is -0.670. The lowest BCUT2D eigenvalue weighted by Gasteiger charge is -2.53. The molecule has 2 N–H and O–H groups in total. The van der Waals surface area contributed by atoms with Crippen molar-refractivity contribution in [3.05, 3.63) is 40.3 Å². The molecule has 1 aliphatic carbocycles. The van der Waals surface area contributed by atoms with Crippen LogP contribution in [0.2, 0.25) is 5.02 Å². The summed E-state index contributed by atoms with van der Waals surface area (Å²) in [5.41, 5.74) is 3.73. The smallest absolute Gasteiger partial charge is 0.396 e. The zero-order chi connectivity index (χ0) is 19.5. The van der Waals surface area contributed by atoms with Crippen molar-refractivity contribution in [3.63, 3.8) is 0 Å². The highest BCUT2D eigenvalue weighted by Gasteiger charge is 2.52. The molecule has 2 aliphatic rings. The zero-order valence-electron chi connectivity index (χ0n) is 14.2. The Morgan fingerprint density at radius 1 is 1.35 bits per heavy atom. The standard InChI is InChI=1S/C17H17ClF3N3O2/c1-15(2)6-16(4-11(22)13(15)25)7-24(8-16)14(26)12-10(18)3-9(5-23-12)17(19,20)21/h3-5H,6-8,22H2,1-2H3. The fourth-order valence-electron chi connectivity index (χ4n) is 3.76. The van der Waals surface area contributed by atoms with Crippen LogP contribution >= 0.6 is 11.6 Å². The number of allylic oxidation sites excluding steroid dienone is 1. The lowest BCUT2D eigenvalue weighted by molar-refractivity contribution is -0.137. The van der Waals surface area contributed by atoms with Crippen LogP contribution in [0.5, 0.6) is 0 Å². The van der Waals surface area contributed by atoms with E-state index in [-0.39, 0.29) is 22.2 Å². The number of carbonyl (C=O) groups is 2. The van der Waals surface area contributed by atoms with Crippen molar-refractivity contribution in [3.8, 4) is 0 Å². The Balaban J connectivity index is 1.78. The van der Waals surface area contributed by atoms with Gasteiger partial charge in [0, 0.05) is 30.1 Å². The van der Waals surface area contributed by atoms with E-state index in [4.69, 9.17) is 17.3 Å². The minimum Gasteiger partial charge on any atom is -0.396 e. The van der Waals surface area contributed by atoms with Gasteiger partial charge in [0.2, 0.25) is 0 Å². The van der Waals surface area contributed by atoms with Gasteiger partial charge in [-0.2, -0.15) is 13.2 Å². The van der Waals surface area contributed by atoms with Gasteiger partial charge in [0.05, 0.1) is 16.3 Å². The van der Waals surface area contributed by atoms with Crippen molar-refractivity contribution in [2.24, 2.45) is 16.6 Å². The van der Waals surface area contributed by atoms with Gasteiger partial charge in [-0.3, -0.25) is 9.59 Å². The number of amides is 1. The number of rotatable bonds is 1. The van der Waals surface area contributed by atoms with E-state index < -0.39 is 28.5 Å². The number of nitrogens with zero attached hydrogens (tertiary/aromatic N) is 2. The third kappa shape index (κ3) is 3.06. The van der Waals surface area contributed by atoms with Gasteiger partial charge in [-0.05, 0) is 18.6 Å². The van der Waals surface area contributed by atoms with E-state index in [0.717, 1.165) is 0 Å². The van der Waals surface area contributed by atoms with E-state index in [9.17, 15) is 22.8 Å². The minimum absolute atomic E-state index is 0.125. The van der Waals surface area contributed by atoms with Gasteiger partial charge < -0.3 is 10.6 Å². The summed E-state index contributed by atoms with van der Waals surface area (Å²) in [7, 11) is 0. The second-order valence-electron chi connectivity index (χ2n) is 7.57. The van der Waals surface area contributed by atoms with E-state index >= 15 is 0 Å². The van der Waals surface area contributed by atoms with Gasteiger partial charge in [0.25, 0.3) is 5.91 Å². The molecule has 2 heterocycles. The lowest BCUT2D eigenvalue weighted by Crippen LogP contribution is -2.61. The van der Waals surface area contributed by atoms with Crippen LogP contribution in [0.25, 0.3) is 0 Å². The molecule has 9 heteroatoms. The average molecular weight is 388 g/mol. The number of pyridine rings is 1. The molecule has 1 amide bonds. The molecular weight excluding hydrogens is 371 g/mol. The van der Waals surface area contributed by atoms with E-state index in [0.29, 0.717) is 31.8 Å². The molecule has 1 saturated heterocycles. The number of carbonyl (C=O) groups excluding carboxylic acids is 2. The summed E-state index contributed by atoms with van der Waals surface area (Å²) in [4.78, 5) is 29.6. The number of hydrogen-bond donors (Lipinski definition) is 1. The van der Waals surface area contributed by atoms with Crippen LogP contribution in [-0.4, -0.2) is 34.7 Å². The van der Waals surface area contributed by atoms with Crippen LogP contribution in [0, 0.1) is 10.8 Å². The fourth-order valence-corrected chi connectivity index (χ4v) is 4.01. The number of nitrogens with two attached hydrogens (primary N) is 1. The maximum absolute atomic E-state index is 12.7. The second kappa shape index (κ2) is 5.70. The molecule has 1 aromatic heterocycles. The fraction of sp³-hybridized carbons (Fsp3) is 0.471. The summed E-state index contributed by atoms with van der Waals surface area (Å²) in [5, 5.41) is -0.347. The number of hydrogen-bond acceptors (Lipinski definition) is 4. The van der Waals surface area contributed by atoms with Crippen LogP contribution in [0.3, 0.4) is 0 Å². The molecule has 1 aliphatic heterocycles. The van der Waals surface area contributed by atoms with Crippen molar-refractivity contribution >= 4 is 23.3 Å². The zero-order valence-corrected chi connectivity index (χ0v) is 14.9. The number of aromatic nitrogens is 1. The molecule has 0 bridgehead atoms. The van der Waals surface area contributed by atoms with Gasteiger partial charge >= 0.3 is 6.18 Å². The summed E-state index contributed by atoms with van der Waals surface area (Å²) >= 11 is 5.83. The summed E-state index contributed by atoms with van der Waals surface area (Å²) in [6, 6.07) is 0.692. The number of likely N-dealkylation sites (tertiary alicyclic amines) is 1. The van der Waals surface area contributed by atoms with Crippen LogP contribution in [0.15, 0.2) is 24.0 Å². The predicted molar refractivity (Wildman–Crippen MR) is 88.3 cm³/mol. The quantitative estimate of drug-likeness (QED) is 0.803. The Labute approximate surface area is 153 Å². The molecule has 0 aromatic carbocycles. The highest BCUT2D eigenvalue weighted by molar-refractivity contribution is 6.33. The average Bonchev–Trinajstić information content (AvgIpc) is 2.48. The van der Waals surface area contributed by atoms with Gasteiger partial charge in [0.1, 0.15) is 5.69 Å². The van der Waals surface area contributed by atoms with E-state index in [1.165, 1.54) is 4.90 Å². The van der Waals surface area contributed by atoms with Crippen LogP contribution < -0.4 is 5.73 Å². The summed E-state index contributed by atoms with van der Waals surface area (Å²) < 4.78 is 38.0. The SMILES string of the molecule is CC1(C)CC2(C=C(N)C1=O)CN(C(=O)c1ncc(C(F)(F)F)cc1Cl)C2. The molecule has 140 valence electrons. The van der Waals surface area contributed by atoms with Crippen molar-refractivity contribution in [2.45, 2.75) is 26.4 Å². The van der Waals surface area contributed by atoms with Crippen molar-refractivity contribution in [2.75, 3.05) is 13.1 Å². The first-order chi connectivity index (χ1) is 11.8. The maximum atomic E-state index is 12.7. The maximum Gasteiger partial charge on any atom is 0.417 e. The molecule has 1 spiro atoms. The molecule has 0 atom stereocenters. The van der Waals surface area contributed by atoms with Gasteiger partial charge in [-0.25, -0.2) is 4.98 Å². The first kappa shape index (κ1) is 18.7. The molecular formula is C17H17ClF3N3O2. The van der Waals surface area contributed by atoms with Crippen LogP contribution in [0.1, 0.15) is 36.3 Å². The topological polar surface area (TPSA) is 76.3 Å². The number of halogens is 4. The third-order valence-corrected chi connectivity index (χ3v) is 5.09. The number of Topliss-reactive ketones (excluding diaryl/α,β-unsaturated/α-hetero) is 1. The molecule has 0 unspecified atom stereocenters. The first-order valence-electron chi connectivity index (χ1n) is 7.90. The van der Waals surface area contributed by atoms with E-state index in [1.807, 2.05) is 0 Å². The largest absolute Gasteiger partial charge is 0.417 e. The Bertz CT molecular complexity index is 827. The minimum atomic E-state index is -4.58. The number of ketones is 1. The van der Waals surface area contributed by atoms with Crippen LogP contribution in [-0.2, 0) is 11.0 Å². The Morgan fingerprint density at radius 2 is 1.96 bits per heavy atom. The Morgan fingerprint density at radius 3 is 2.46 bits per heavy atom. The lowest BCUT2D eigenvalue weighted by atomic mass is 9.62. The predicted octanol–water partition coefficient (Wildman–Crippen LogP) is 3.04. The molecule has 3 rings (SSSR count). The monoisotopic (exact) mass is 387 g/mol. The van der Waals surface area contributed by atoms with Gasteiger partial charge in [0.15, 0.2) is 5.78 Å². The highest BCUT2D eigenvalue weighted by atomic mass is 35.5. The molecule has 1 fully saturated rings. The molecule has 0 radical (unpaired) electrons. The number of alkyl halides is 3. The van der Waals surface area contributed by atoms with Gasteiger partial charge in [-0.1, -0.05) is 25.4 Å². The normalized spacial score (nSPS) is 21.4. The van der Waals surface area contributed by atoms with E-state index in [2.05, 4.69) is 4.98 Å². The van der Waals surface area contributed by atoms with Crippen molar-refractivity contribution in [1.29, 1.82) is 0 Å². The molecule has 26 heavy (non-hydrogen) atoms.